The largest absolute Gasteiger partial charge is 0.446 e. The molecule has 0 heterocycles. The van der Waals surface area contributed by atoms with Crippen LogP contribution < -0.4 is 10.5 Å². The van der Waals surface area contributed by atoms with Crippen LogP contribution in [-0.4, -0.2) is 10.8 Å². The number of nitro groups is 1. The topological polar surface area (TPSA) is 102 Å². The number of hydrogen-bond donors (Lipinski definition) is 2. The van der Waals surface area contributed by atoms with E-state index in [0.717, 1.165) is 12.1 Å². The highest BCUT2D eigenvalue weighted by Crippen LogP contribution is 2.35. The molecule has 0 aliphatic rings. The molecule has 0 saturated heterocycles. The summed E-state index contributed by atoms with van der Waals surface area (Å²) in [5.74, 6) is -1.80. The molecule has 0 radical (unpaired) electrons. The number of nitrogen functional groups attached to an aromatic ring is 1. The van der Waals surface area contributed by atoms with Crippen molar-refractivity contribution in [3.63, 3.8) is 0 Å². The quantitative estimate of drug-likeness (QED) is 0.390. The molecule has 0 fully saturated rings. The Bertz CT molecular complexity index is 737. The summed E-state index contributed by atoms with van der Waals surface area (Å²) in [5.41, 5.74) is 4.97. The number of hydrogen-bond acceptors (Lipinski definition) is 4. The zero-order valence-electron chi connectivity index (χ0n) is 10.5. The Morgan fingerprint density at radius 2 is 2.10 bits per heavy atom. The molecule has 2 aromatic carbocycles. The van der Waals surface area contributed by atoms with Gasteiger partial charge < -0.3 is 10.5 Å². The summed E-state index contributed by atoms with van der Waals surface area (Å²) < 4.78 is 19.0. The van der Waals surface area contributed by atoms with Crippen molar-refractivity contribution in [2.75, 3.05) is 0 Å². The highest BCUT2D eigenvalue weighted by Gasteiger charge is 2.21. The van der Waals surface area contributed by atoms with Gasteiger partial charge in [0.05, 0.1) is 10.5 Å². The average molecular weight is 310 g/mol. The monoisotopic (exact) mass is 309 g/mol. The third kappa shape index (κ3) is 3.09. The Labute approximate surface area is 123 Å². The van der Waals surface area contributed by atoms with Gasteiger partial charge in [-0.15, -0.1) is 0 Å². The molecule has 21 heavy (non-hydrogen) atoms. The molecule has 0 atom stereocenters. The summed E-state index contributed by atoms with van der Waals surface area (Å²) in [7, 11) is 0. The first-order chi connectivity index (χ1) is 9.90. The number of nitro benzene ring substituents is 1. The Morgan fingerprint density at radius 1 is 1.38 bits per heavy atom. The van der Waals surface area contributed by atoms with Crippen molar-refractivity contribution in [1.82, 2.24) is 0 Å². The molecule has 0 saturated carbocycles. The van der Waals surface area contributed by atoms with Crippen LogP contribution in [0.25, 0.3) is 0 Å². The number of rotatable bonds is 4. The van der Waals surface area contributed by atoms with Gasteiger partial charge in [-0.25, -0.2) is 4.39 Å². The molecule has 6 nitrogen and oxygen atoms in total. The van der Waals surface area contributed by atoms with Gasteiger partial charge in [-0.05, 0) is 24.3 Å². The number of benzene rings is 2. The van der Waals surface area contributed by atoms with Gasteiger partial charge in [-0.2, -0.15) is 0 Å². The number of nitrogens with zero attached hydrogens (tertiary/aromatic N) is 1. The van der Waals surface area contributed by atoms with Gasteiger partial charge in [0.2, 0.25) is 5.75 Å². The lowest BCUT2D eigenvalue weighted by atomic mass is 10.2. The molecule has 0 unspecified atom stereocenters. The fraction of sp³-hybridized carbons (Fsp3) is 0. The summed E-state index contributed by atoms with van der Waals surface area (Å²) >= 11 is 5.79. The van der Waals surface area contributed by atoms with E-state index in [4.69, 9.17) is 27.5 Å². The Kier molecular flexibility index (Phi) is 4.04. The minimum atomic E-state index is -0.895. The third-order valence-corrected chi connectivity index (χ3v) is 2.82. The minimum Gasteiger partial charge on any atom is -0.446 e. The summed E-state index contributed by atoms with van der Waals surface area (Å²) in [6.07, 6.45) is 0. The van der Waals surface area contributed by atoms with Gasteiger partial charge in [0.15, 0.2) is 5.82 Å². The minimum absolute atomic E-state index is 0.0000926. The third-order valence-electron chi connectivity index (χ3n) is 2.59. The second kappa shape index (κ2) is 5.76. The molecule has 0 aliphatic carbocycles. The molecular formula is C13H9ClFN3O3. The second-order valence-electron chi connectivity index (χ2n) is 4.00. The Balaban J connectivity index is 2.53. The van der Waals surface area contributed by atoms with Crippen LogP contribution in [0, 0.1) is 21.3 Å². The summed E-state index contributed by atoms with van der Waals surface area (Å²) in [5, 5.41) is 18.7. The van der Waals surface area contributed by atoms with E-state index in [0.29, 0.717) is 5.02 Å². The van der Waals surface area contributed by atoms with Crippen LogP contribution in [0.3, 0.4) is 0 Å². The van der Waals surface area contributed by atoms with Gasteiger partial charge in [0.1, 0.15) is 11.6 Å². The molecule has 8 heteroatoms. The van der Waals surface area contributed by atoms with E-state index in [2.05, 4.69) is 0 Å². The molecule has 2 aromatic rings. The van der Waals surface area contributed by atoms with Crippen LogP contribution in [0.15, 0.2) is 36.4 Å². The molecule has 108 valence electrons. The molecule has 3 N–H and O–H groups in total. The van der Waals surface area contributed by atoms with E-state index in [1.165, 1.54) is 24.3 Å². The zero-order chi connectivity index (χ0) is 15.6. The van der Waals surface area contributed by atoms with Crippen LogP contribution in [0.5, 0.6) is 11.5 Å². The maximum atomic E-state index is 13.8. The Hall–Kier alpha value is -2.67. The molecule has 0 spiro atoms. The maximum absolute atomic E-state index is 13.8. The highest BCUT2D eigenvalue weighted by atomic mass is 35.5. The highest BCUT2D eigenvalue weighted by molar-refractivity contribution is 6.31. The first-order valence-electron chi connectivity index (χ1n) is 5.65. The standard InChI is InChI=1S/C13H9ClFN3O3/c14-7-4-5-11(8(6-7)13(16)17)21-12-9(15)2-1-3-10(12)18(19)20/h1-6H,(H3,16,17). The van der Waals surface area contributed by atoms with Crippen molar-refractivity contribution in [2.45, 2.75) is 0 Å². The predicted octanol–water partition coefficient (Wildman–Crippen LogP) is 3.46. The number of nitrogens with two attached hydrogens (primary N) is 1. The van der Waals surface area contributed by atoms with Crippen molar-refractivity contribution in [2.24, 2.45) is 5.73 Å². The molecule has 0 amide bonds. The van der Waals surface area contributed by atoms with Crippen molar-refractivity contribution in [1.29, 1.82) is 5.41 Å². The summed E-state index contributed by atoms with van der Waals surface area (Å²) in [4.78, 5) is 10.1. The van der Waals surface area contributed by atoms with E-state index >= 15 is 0 Å². The van der Waals surface area contributed by atoms with Crippen LogP contribution in [0.4, 0.5) is 10.1 Å². The molecule has 0 aliphatic heterocycles. The van der Waals surface area contributed by atoms with Gasteiger partial charge in [-0.1, -0.05) is 17.7 Å². The van der Waals surface area contributed by atoms with Crippen molar-refractivity contribution in [3.05, 3.63) is 62.9 Å². The van der Waals surface area contributed by atoms with Crippen molar-refractivity contribution < 1.29 is 14.1 Å². The van der Waals surface area contributed by atoms with Crippen LogP contribution in [0.2, 0.25) is 5.02 Å². The van der Waals surface area contributed by atoms with Crippen LogP contribution >= 0.6 is 11.6 Å². The summed E-state index contributed by atoms with van der Waals surface area (Å²) in [6.45, 7) is 0. The van der Waals surface area contributed by atoms with Crippen molar-refractivity contribution >= 4 is 23.1 Å². The maximum Gasteiger partial charge on any atom is 0.314 e. The molecule has 2 rings (SSSR count). The summed E-state index contributed by atoms with van der Waals surface area (Å²) in [6, 6.07) is 7.50. The molecular weight excluding hydrogens is 301 g/mol. The number of amidine groups is 1. The van der Waals surface area contributed by atoms with Gasteiger partial charge in [-0.3, -0.25) is 15.5 Å². The van der Waals surface area contributed by atoms with E-state index in [9.17, 15) is 14.5 Å². The number of para-hydroxylation sites is 1. The second-order valence-corrected chi connectivity index (χ2v) is 4.44. The van der Waals surface area contributed by atoms with Crippen molar-refractivity contribution in [3.8, 4) is 11.5 Å². The van der Waals surface area contributed by atoms with Crippen LogP contribution in [-0.2, 0) is 0 Å². The zero-order valence-corrected chi connectivity index (χ0v) is 11.2. The fourth-order valence-corrected chi connectivity index (χ4v) is 1.83. The predicted molar refractivity (Wildman–Crippen MR) is 75.6 cm³/mol. The Morgan fingerprint density at radius 3 is 2.71 bits per heavy atom. The lowest BCUT2D eigenvalue weighted by Crippen LogP contribution is -2.12. The lowest BCUT2D eigenvalue weighted by Gasteiger charge is -2.11. The normalized spacial score (nSPS) is 10.2. The van der Waals surface area contributed by atoms with E-state index in [1.54, 1.807) is 0 Å². The van der Waals surface area contributed by atoms with Gasteiger partial charge in [0, 0.05) is 11.1 Å². The first kappa shape index (κ1) is 14.7. The SMILES string of the molecule is N=C(N)c1cc(Cl)ccc1Oc1c(F)cccc1[N+](=O)[O-]. The van der Waals surface area contributed by atoms with Gasteiger partial charge >= 0.3 is 5.69 Å². The number of nitrogens with one attached hydrogen (secondary N) is 1. The first-order valence-corrected chi connectivity index (χ1v) is 6.02. The molecule has 0 bridgehead atoms. The number of halogens is 2. The number of ether oxygens (including phenoxy) is 1. The fourth-order valence-electron chi connectivity index (χ4n) is 1.65. The van der Waals surface area contributed by atoms with Gasteiger partial charge in [0.25, 0.3) is 0 Å². The van der Waals surface area contributed by atoms with E-state index < -0.39 is 22.2 Å². The van der Waals surface area contributed by atoms with Crippen LogP contribution in [0.1, 0.15) is 5.56 Å². The van der Waals surface area contributed by atoms with E-state index in [1.807, 2.05) is 0 Å². The smallest absolute Gasteiger partial charge is 0.314 e. The molecule has 0 aromatic heterocycles. The average Bonchev–Trinajstić information content (AvgIpc) is 2.42. The van der Waals surface area contributed by atoms with E-state index in [-0.39, 0.29) is 17.1 Å². The lowest BCUT2D eigenvalue weighted by molar-refractivity contribution is -0.385.